The van der Waals surface area contributed by atoms with Crippen molar-refractivity contribution in [2.75, 3.05) is 22.9 Å². The first kappa shape index (κ1) is 27.1. The smallest absolute Gasteiger partial charge is 0.420 e. The molecule has 1 rings (SSSR count). The van der Waals surface area contributed by atoms with E-state index in [9.17, 15) is 31.5 Å². The van der Waals surface area contributed by atoms with E-state index in [2.05, 4.69) is 6.92 Å². The van der Waals surface area contributed by atoms with Crippen molar-refractivity contribution in [3.05, 3.63) is 17.7 Å². The maximum absolute atomic E-state index is 13.3. The number of amides is 1. The van der Waals surface area contributed by atoms with Crippen molar-refractivity contribution in [1.82, 2.24) is 0 Å². The van der Waals surface area contributed by atoms with E-state index in [1.165, 1.54) is 32.7 Å². The zero-order valence-corrected chi connectivity index (χ0v) is 19.2. The molecule has 0 radical (unpaired) electrons. The van der Waals surface area contributed by atoms with E-state index in [1.54, 1.807) is 0 Å². The molecule has 10 heteroatoms. The Morgan fingerprint density at radius 3 is 2.03 bits per heavy atom. The number of aromatic hydroxyl groups is 1. The second-order valence-corrected chi connectivity index (χ2v) is 9.54. The Bertz CT molecular complexity index is 827. The number of phenols is 1. The number of carbonyl (C=O) groups is 1. The number of nitrogens with one attached hydrogen (secondary N) is 1. The number of carbonyl (C=O) groups excluding carboxylic acids is 1. The van der Waals surface area contributed by atoms with Gasteiger partial charge in [0.1, 0.15) is 5.56 Å². The Balaban J connectivity index is 2.76. The van der Waals surface area contributed by atoms with Gasteiger partial charge in [0.05, 0.1) is 17.6 Å². The average molecular weight is 467 g/mol. The fraction of sp³-hybridized carbons (Fsp3) is 0.667. The largest absolute Gasteiger partial charge is 0.505 e. The van der Waals surface area contributed by atoms with E-state index < -0.39 is 39.1 Å². The summed E-state index contributed by atoms with van der Waals surface area (Å²) in [6.07, 6.45) is 5.52. The van der Waals surface area contributed by atoms with Crippen molar-refractivity contribution in [1.29, 1.82) is 0 Å². The third-order valence-electron chi connectivity index (χ3n) is 4.93. The minimum Gasteiger partial charge on any atom is -0.505 e. The van der Waals surface area contributed by atoms with Gasteiger partial charge in [0.15, 0.2) is 5.75 Å². The van der Waals surface area contributed by atoms with Gasteiger partial charge in [-0.1, -0.05) is 58.3 Å². The van der Waals surface area contributed by atoms with Crippen molar-refractivity contribution in [3.8, 4) is 5.75 Å². The summed E-state index contributed by atoms with van der Waals surface area (Å²) in [5.74, 6) is -1.57. The summed E-state index contributed by atoms with van der Waals surface area (Å²) in [7, 11) is -2.59. The molecule has 0 heterocycles. The SMILES string of the molecule is CCCCCCCCCCCC(=O)N(C)c1cc(NS(C)(=O)=O)cc(C(F)(F)F)c1O. The lowest BCUT2D eigenvalue weighted by Crippen LogP contribution is -2.26. The summed E-state index contributed by atoms with van der Waals surface area (Å²) < 4.78 is 64.7. The van der Waals surface area contributed by atoms with Gasteiger partial charge in [-0.3, -0.25) is 9.52 Å². The number of hydrogen-bond donors (Lipinski definition) is 2. The average Bonchev–Trinajstić information content (AvgIpc) is 2.65. The minimum atomic E-state index is -4.92. The Morgan fingerprint density at radius 1 is 1.03 bits per heavy atom. The number of hydrogen-bond acceptors (Lipinski definition) is 4. The molecule has 0 aliphatic heterocycles. The first-order chi connectivity index (χ1) is 14.4. The van der Waals surface area contributed by atoms with Crippen LogP contribution in [0.4, 0.5) is 24.5 Å². The molecule has 0 saturated heterocycles. The van der Waals surface area contributed by atoms with E-state index in [1.807, 2.05) is 4.72 Å². The number of alkyl halides is 3. The molecule has 1 amide bonds. The number of benzene rings is 1. The maximum atomic E-state index is 13.3. The molecular formula is C21H33F3N2O4S. The van der Waals surface area contributed by atoms with Crippen LogP contribution in [0.25, 0.3) is 0 Å². The maximum Gasteiger partial charge on any atom is 0.420 e. The summed E-state index contributed by atoms with van der Waals surface area (Å²) >= 11 is 0. The predicted octanol–water partition coefficient (Wildman–Crippen LogP) is 5.67. The molecule has 0 atom stereocenters. The molecule has 2 N–H and O–H groups in total. The number of anilines is 2. The lowest BCUT2D eigenvalue weighted by atomic mass is 10.1. The van der Waals surface area contributed by atoms with Crippen molar-refractivity contribution in [2.24, 2.45) is 0 Å². The topological polar surface area (TPSA) is 86.7 Å². The molecule has 0 fully saturated rings. The molecule has 0 saturated carbocycles. The van der Waals surface area contributed by atoms with Gasteiger partial charge in [-0.05, 0) is 18.6 Å². The monoisotopic (exact) mass is 466 g/mol. The Labute approximate surface area is 182 Å². The van der Waals surface area contributed by atoms with E-state index in [0.29, 0.717) is 12.5 Å². The van der Waals surface area contributed by atoms with Crippen molar-refractivity contribution < 1.29 is 31.5 Å². The molecule has 1 aromatic carbocycles. The van der Waals surface area contributed by atoms with Crippen molar-refractivity contribution >= 4 is 27.3 Å². The Morgan fingerprint density at radius 2 is 1.55 bits per heavy atom. The molecule has 0 aliphatic carbocycles. The number of nitrogens with zero attached hydrogens (tertiary/aromatic N) is 1. The van der Waals surface area contributed by atoms with Gasteiger partial charge in [-0.15, -0.1) is 0 Å². The van der Waals surface area contributed by atoms with Gasteiger partial charge in [-0.25, -0.2) is 8.42 Å². The summed E-state index contributed by atoms with van der Waals surface area (Å²) in [5.41, 5.74) is -2.20. The van der Waals surface area contributed by atoms with Gasteiger partial charge in [0.25, 0.3) is 0 Å². The predicted molar refractivity (Wildman–Crippen MR) is 117 cm³/mol. The van der Waals surface area contributed by atoms with Gasteiger partial charge in [-0.2, -0.15) is 13.2 Å². The number of phenolic OH excluding ortho intramolecular Hbond substituents is 1. The Hall–Kier alpha value is -1.97. The molecular weight excluding hydrogens is 433 g/mol. The minimum absolute atomic E-state index is 0.122. The van der Waals surface area contributed by atoms with Crippen LogP contribution in [0.15, 0.2) is 12.1 Å². The highest BCUT2D eigenvalue weighted by molar-refractivity contribution is 7.92. The molecule has 0 aliphatic rings. The van der Waals surface area contributed by atoms with E-state index in [0.717, 1.165) is 42.9 Å². The summed E-state index contributed by atoms with van der Waals surface area (Å²) in [6.45, 7) is 2.16. The van der Waals surface area contributed by atoms with Crippen LogP contribution in [0.3, 0.4) is 0 Å². The zero-order valence-electron chi connectivity index (χ0n) is 18.4. The summed E-state index contributed by atoms with van der Waals surface area (Å²) in [5, 5.41) is 10.1. The summed E-state index contributed by atoms with van der Waals surface area (Å²) in [4.78, 5) is 13.4. The Kier molecular flexibility index (Phi) is 10.6. The normalized spacial score (nSPS) is 12.1. The number of unbranched alkanes of at least 4 members (excludes halogenated alkanes) is 8. The molecule has 0 aromatic heterocycles. The van der Waals surface area contributed by atoms with E-state index >= 15 is 0 Å². The molecule has 31 heavy (non-hydrogen) atoms. The van der Waals surface area contributed by atoms with Crippen LogP contribution in [-0.2, 0) is 21.0 Å². The third-order valence-corrected chi connectivity index (χ3v) is 5.53. The van der Waals surface area contributed by atoms with Gasteiger partial charge in [0.2, 0.25) is 15.9 Å². The fourth-order valence-corrected chi connectivity index (χ4v) is 3.80. The van der Waals surface area contributed by atoms with Gasteiger partial charge >= 0.3 is 6.18 Å². The lowest BCUT2D eigenvalue weighted by Gasteiger charge is -2.22. The third kappa shape index (κ3) is 9.80. The van der Waals surface area contributed by atoms with Crippen LogP contribution in [0.2, 0.25) is 0 Å². The molecule has 0 spiro atoms. The summed E-state index contributed by atoms with van der Waals surface area (Å²) in [6, 6.07) is 1.51. The van der Waals surface area contributed by atoms with Crippen molar-refractivity contribution in [3.63, 3.8) is 0 Å². The van der Waals surface area contributed by atoms with E-state index in [4.69, 9.17) is 0 Å². The van der Waals surface area contributed by atoms with Crippen molar-refractivity contribution in [2.45, 2.75) is 77.3 Å². The second kappa shape index (κ2) is 12.2. The highest BCUT2D eigenvalue weighted by Crippen LogP contribution is 2.43. The van der Waals surface area contributed by atoms with Crippen LogP contribution >= 0.6 is 0 Å². The fourth-order valence-electron chi connectivity index (χ4n) is 3.25. The number of rotatable bonds is 13. The molecule has 6 nitrogen and oxygen atoms in total. The zero-order chi connectivity index (χ0) is 23.7. The van der Waals surface area contributed by atoms with E-state index in [-0.39, 0.29) is 12.1 Å². The first-order valence-electron chi connectivity index (χ1n) is 10.6. The quantitative estimate of drug-likeness (QED) is 0.290. The van der Waals surface area contributed by atoms with Crippen LogP contribution in [0.1, 0.15) is 76.7 Å². The van der Waals surface area contributed by atoms with Crippen LogP contribution < -0.4 is 9.62 Å². The van der Waals surface area contributed by atoms with Crippen LogP contribution in [0.5, 0.6) is 5.75 Å². The highest BCUT2D eigenvalue weighted by atomic mass is 32.2. The number of halogens is 3. The van der Waals surface area contributed by atoms with Crippen LogP contribution in [-0.4, -0.2) is 32.7 Å². The van der Waals surface area contributed by atoms with Crippen LogP contribution in [0, 0.1) is 0 Å². The van der Waals surface area contributed by atoms with Gasteiger partial charge in [0, 0.05) is 13.5 Å². The molecule has 0 bridgehead atoms. The molecule has 178 valence electrons. The van der Waals surface area contributed by atoms with Gasteiger partial charge < -0.3 is 10.0 Å². The lowest BCUT2D eigenvalue weighted by molar-refractivity contribution is -0.138. The molecule has 1 aromatic rings. The second-order valence-electron chi connectivity index (χ2n) is 7.79. The first-order valence-corrected chi connectivity index (χ1v) is 12.4. The number of sulfonamides is 1. The highest BCUT2D eigenvalue weighted by Gasteiger charge is 2.36. The molecule has 0 unspecified atom stereocenters. The standard InChI is InChI=1S/C21H33F3N2O4S/c1-4-5-6-7-8-9-10-11-12-13-19(27)26(2)18-15-16(25-31(3,29)30)14-17(20(18)28)21(22,23)24/h14-15,25,28H,4-13H2,1-3H3.